The normalized spacial score (nSPS) is 11.8. The Kier molecular flexibility index (Phi) is 9.03. The second-order valence-corrected chi connectivity index (χ2v) is 8.29. The van der Waals surface area contributed by atoms with Crippen molar-refractivity contribution in [3.8, 4) is 0 Å². The van der Waals surface area contributed by atoms with Gasteiger partial charge in [-0.25, -0.2) is 0 Å². The van der Waals surface area contributed by atoms with E-state index >= 15 is 0 Å². The first kappa shape index (κ1) is 24.4. The van der Waals surface area contributed by atoms with E-state index in [1.54, 1.807) is 13.1 Å². The minimum absolute atomic E-state index is 0.0464. The van der Waals surface area contributed by atoms with E-state index in [9.17, 15) is 14.9 Å². The van der Waals surface area contributed by atoms with Crippen LogP contribution >= 0.6 is 0 Å². The number of amides is 1. The van der Waals surface area contributed by atoms with Crippen LogP contribution < -0.4 is 10.2 Å². The van der Waals surface area contributed by atoms with Crippen molar-refractivity contribution in [3.05, 3.63) is 68.8 Å². The maximum absolute atomic E-state index is 12.2. The topological polar surface area (TPSA) is 75.5 Å². The van der Waals surface area contributed by atoms with Crippen LogP contribution in [0.5, 0.6) is 0 Å². The SMILES string of the molecule is CCCCCCN(C)c1c(C)cc(CC(C)c2ccccc2C(=O)NC)cc1[N+](=O)[O-]. The van der Waals surface area contributed by atoms with Gasteiger partial charge in [-0.1, -0.05) is 57.4 Å². The number of nitro groups is 1. The van der Waals surface area contributed by atoms with Crippen molar-refractivity contribution >= 4 is 17.3 Å². The average molecular weight is 426 g/mol. The zero-order chi connectivity index (χ0) is 23.0. The Hall–Kier alpha value is -2.89. The standard InChI is InChI=1S/C25H35N3O3/c1-6-7-8-11-14-27(5)24-19(3)16-20(17-23(24)28(30)31)15-18(2)21-12-9-10-13-22(21)25(29)26-4/h9-10,12-13,16-18H,6-8,11,14-15H2,1-5H3,(H,26,29). The van der Waals surface area contributed by atoms with Crippen LogP contribution in [0, 0.1) is 17.0 Å². The number of aryl methyl sites for hydroxylation is 1. The number of benzene rings is 2. The number of nitrogens with one attached hydrogen (secondary N) is 1. The number of carbonyl (C=O) groups is 1. The molecule has 0 aliphatic rings. The van der Waals surface area contributed by atoms with Gasteiger partial charge >= 0.3 is 0 Å². The lowest BCUT2D eigenvalue weighted by molar-refractivity contribution is -0.384. The predicted molar refractivity (Wildman–Crippen MR) is 127 cm³/mol. The summed E-state index contributed by atoms with van der Waals surface area (Å²) in [5, 5.41) is 14.6. The first-order valence-corrected chi connectivity index (χ1v) is 11.1. The van der Waals surface area contributed by atoms with Crippen molar-refractivity contribution in [1.82, 2.24) is 5.32 Å². The third-order valence-corrected chi connectivity index (χ3v) is 5.77. The summed E-state index contributed by atoms with van der Waals surface area (Å²) in [6.45, 7) is 6.97. The molecule has 2 aromatic rings. The fraction of sp³-hybridized carbons (Fsp3) is 0.480. The summed E-state index contributed by atoms with van der Waals surface area (Å²) in [7, 11) is 3.55. The number of nitro benzene ring substituents is 1. The molecule has 0 saturated heterocycles. The quantitative estimate of drug-likeness (QED) is 0.288. The summed E-state index contributed by atoms with van der Waals surface area (Å²) in [4.78, 5) is 25.8. The summed E-state index contributed by atoms with van der Waals surface area (Å²) in [6.07, 6.45) is 5.13. The second-order valence-electron chi connectivity index (χ2n) is 8.29. The van der Waals surface area contributed by atoms with Gasteiger partial charge in [0.25, 0.3) is 11.6 Å². The van der Waals surface area contributed by atoms with Crippen LogP contribution in [-0.2, 0) is 6.42 Å². The zero-order valence-electron chi connectivity index (χ0n) is 19.4. The molecule has 0 saturated carbocycles. The molecule has 2 rings (SSSR count). The number of unbranched alkanes of at least 4 members (excludes halogenated alkanes) is 3. The number of hydrogen-bond donors (Lipinski definition) is 1. The Morgan fingerprint density at radius 1 is 1.19 bits per heavy atom. The van der Waals surface area contributed by atoms with Crippen LogP contribution in [0.2, 0.25) is 0 Å². The van der Waals surface area contributed by atoms with Crippen LogP contribution in [0.4, 0.5) is 11.4 Å². The Morgan fingerprint density at radius 3 is 2.55 bits per heavy atom. The van der Waals surface area contributed by atoms with Gasteiger partial charge in [-0.05, 0) is 48.4 Å². The van der Waals surface area contributed by atoms with Crippen LogP contribution in [0.1, 0.15) is 72.5 Å². The van der Waals surface area contributed by atoms with Gasteiger partial charge in [0, 0.05) is 32.3 Å². The first-order chi connectivity index (χ1) is 14.8. The van der Waals surface area contributed by atoms with Gasteiger partial charge in [-0.3, -0.25) is 14.9 Å². The lowest BCUT2D eigenvalue weighted by Crippen LogP contribution is -2.21. The molecule has 1 N–H and O–H groups in total. The Labute approximate surface area is 185 Å². The Bertz CT molecular complexity index is 911. The number of hydrogen-bond acceptors (Lipinski definition) is 4. The highest BCUT2D eigenvalue weighted by Crippen LogP contribution is 2.35. The highest BCUT2D eigenvalue weighted by atomic mass is 16.6. The van der Waals surface area contributed by atoms with Crippen LogP contribution in [0.3, 0.4) is 0 Å². The van der Waals surface area contributed by atoms with E-state index in [1.165, 1.54) is 12.8 Å². The molecule has 0 fully saturated rings. The van der Waals surface area contributed by atoms with Gasteiger partial charge in [0.05, 0.1) is 4.92 Å². The molecule has 2 aromatic carbocycles. The van der Waals surface area contributed by atoms with Gasteiger partial charge in [0.2, 0.25) is 0 Å². The maximum Gasteiger partial charge on any atom is 0.293 e. The minimum atomic E-state index is -0.280. The Morgan fingerprint density at radius 2 is 1.90 bits per heavy atom. The van der Waals surface area contributed by atoms with Crippen molar-refractivity contribution in [2.45, 2.75) is 58.8 Å². The van der Waals surface area contributed by atoms with Crippen molar-refractivity contribution in [1.29, 1.82) is 0 Å². The van der Waals surface area contributed by atoms with Crippen LogP contribution in [0.25, 0.3) is 0 Å². The van der Waals surface area contributed by atoms with E-state index in [-0.39, 0.29) is 22.4 Å². The molecule has 0 bridgehead atoms. The molecular weight excluding hydrogens is 390 g/mol. The van der Waals surface area contributed by atoms with Crippen LogP contribution in [-0.4, -0.2) is 31.5 Å². The first-order valence-electron chi connectivity index (χ1n) is 11.1. The van der Waals surface area contributed by atoms with E-state index in [2.05, 4.69) is 19.2 Å². The third-order valence-electron chi connectivity index (χ3n) is 5.77. The van der Waals surface area contributed by atoms with E-state index < -0.39 is 0 Å². The van der Waals surface area contributed by atoms with Gasteiger partial charge in [-0.15, -0.1) is 0 Å². The van der Waals surface area contributed by atoms with E-state index in [0.717, 1.165) is 36.1 Å². The van der Waals surface area contributed by atoms with Crippen LogP contribution in [0.15, 0.2) is 36.4 Å². The van der Waals surface area contributed by atoms with Gasteiger partial charge in [0.1, 0.15) is 5.69 Å². The molecule has 1 unspecified atom stereocenters. The van der Waals surface area contributed by atoms with E-state index in [4.69, 9.17) is 0 Å². The van der Waals surface area contributed by atoms with Gasteiger partial charge in [0.15, 0.2) is 0 Å². The predicted octanol–water partition coefficient (Wildman–Crippen LogP) is 5.63. The zero-order valence-corrected chi connectivity index (χ0v) is 19.4. The molecule has 0 radical (unpaired) electrons. The minimum Gasteiger partial charge on any atom is -0.369 e. The molecule has 1 atom stereocenters. The summed E-state index contributed by atoms with van der Waals surface area (Å²) < 4.78 is 0. The molecule has 31 heavy (non-hydrogen) atoms. The van der Waals surface area contributed by atoms with E-state index in [0.29, 0.717) is 17.7 Å². The largest absolute Gasteiger partial charge is 0.369 e. The highest BCUT2D eigenvalue weighted by molar-refractivity contribution is 5.95. The van der Waals surface area contributed by atoms with Gasteiger partial charge < -0.3 is 10.2 Å². The van der Waals surface area contributed by atoms with Gasteiger partial charge in [-0.2, -0.15) is 0 Å². The molecule has 0 aromatic heterocycles. The third kappa shape index (κ3) is 6.29. The maximum atomic E-state index is 12.2. The Balaban J connectivity index is 2.29. The lowest BCUT2D eigenvalue weighted by Gasteiger charge is -2.23. The monoisotopic (exact) mass is 425 g/mol. The molecular formula is C25H35N3O3. The molecule has 0 heterocycles. The fourth-order valence-corrected chi connectivity index (χ4v) is 4.21. The molecule has 0 aliphatic heterocycles. The number of nitrogens with zero attached hydrogens (tertiary/aromatic N) is 2. The average Bonchev–Trinajstić information content (AvgIpc) is 2.75. The summed E-state index contributed by atoms with van der Waals surface area (Å²) in [5.41, 5.74) is 4.26. The molecule has 168 valence electrons. The smallest absolute Gasteiger partial charge is 0.293 e. The highest BCUT2D eigenvalue weighted by Gasteiger charge is 2.22. The molecule has 6 heteroatoms. The molecule has 6 nitrogen and oxygen atoms in total. The lowest BCUT2D eigenvalue weighted by atomic mass is 9.89. The summed E-state index contributed by atoms with van der Waals surface area (Å²) in [6, 6.07) is 11.3. The number of carbonyl (C=O) groups excluding carboxylic acids is 1. The van der Waals surface area contributed by atoms with Crippen molar-refractivity contribution < 1.29 is 9.72 Å². The summed E-state index contributed by atoms with van der Waals surface area (Å²) in [5.74, 6) is -0.0743. The van der Waals surface area contributed by atoms with E-state index in [1.807, 2.05) is 49.2 Å². The molecule has 1 amide bonds. The molecule has 0 aliphatic carbocycles. The molecule has 0 spiro atoms. The fourth-order valence-electron chi connectivity index (χ4n) is 4.21. The summed E-state index contributed by atoms with van der Waals surface area (Å²) >= 11 is 0. The van der Waals surface area contributed by atoms with Crippen molar-refractivity contribution in [3.63, 3.8) is 0 Å². The van der Waals surface area contributed by atoms with Crippen molar-refractivity contribution in [2.24, 2.45) is 0 Å². The number of rotatable bonds is 11. The van der Waals surface area contributed by atoms with Crippen molar-refractivity contribution in [2.75, 3.05) is 25.5 Å². The number of anilines is 1. The second kappa shape index (κ2) is 11.5.